The number of methoxy groups -OCH3 is 1. The number of pyridine rings is 1. The van der Waals surface area contributed by atoms with Gasteiger partial charge in [0.1, 0.15) is 11.3 Å². The molecule has 1 N–H and O–H groups in total. The third-order valence-corrected chi connectivity index (χ3v) is 6.05. The van der Waals surface area contributed by atoms with E-state index < -0.39 is 0 Å². The number of aromatic nitrogens is 5. The Hall–Kier alpha value is -2.58. The Morgan fingerprint density at radius 2 is 2.10 bits per heavy atom. The molecule has 31 heavy (non-hydrogen) atoms. The highest BCUT2D eigenvalue weighted by molar-refractivity contribution is 5.83. The molecule has 0 bridgehead atoms. The molecule has 1 aliphatic rings. The van der Waals surface area contributed by atoms with Gasteiger partial charge in [-0.1, -0.05) is 13.0 Å². The van der Waals surface area contributed by atoms with Gasteiger partial charge in [0.05, 0.1) is 18.6 Å². The molecule has 8 heteroatoms. The second kappa shape index (κ2) is 9.28. The molecule has 1 unspecified atom stereocenters. The van der Waals surface area contributed by atoms with Crippen molar-refractivity contribution in [3.05, 3.63) is 41.7 Å². The largest absolute Gasteiger partial charge is 0.383 e. The fraction of sp³-hybridized carbons (Fsp3) is 0.565. The summed E-state index contributed by atoms with van der Waals surface area (Å²) in [4.78, 5) is 21.7. The van der Waals surface area contributed by atoms with E-state index in [2.05, 4.69) is 45.7 Å². The zero-order valence-electron chi connectivity index (χ0n) is 19.1. The molecule has 8 nitrogen and oxygen atoms in total. The van der Waals surface area contributed by atoms with Gasteiger partial charge in [0, 0.05) is 44.4 Å². The number of hydrogen-bond donors (Lipinski definition) is 1. The maximum atomic E-state index is 5.20. The summed E-state index contributed by atoms with van der Waals surface area (Å²) in [5, 5.41) is 3.40. The van der Waals surface area contributed by atoms with E-state index in [9.17, 15) is 0 Å². The van der Waals surface area contributed by atoms with Crippen LogP contribution < -0.4 is 5.32 Å². The number of ether oxygens (including phenoxy) is 1. The molecule has 1 fully saturated rings. The van der Waals surface area contributed by atoms with E-state index in [0.29, 0.717) is 13.2 Å². The first kappa shape index (κ1) is 21.6. The average Bonchev–Trinajstić information content (AvgIpc) is 3.17. The highest BCUT2D eigenvalue weighted by atomic mass is 16.5. The number of hydrogen-bond acceptors (Lipinski definition) is 7. The Morgan fingerprint density at radius 3 is 2.87 bits per heavy atom. The molecule has 4 rings (SSSR count). The van der Waals surface area contributed by atoms with Gasteiger partial charge in [-0.15, -0.1) is 0 Å². The van der Waals surface area contributed by atoms with E-state index in [0.717, 1.165) is 73.2 Å². The minimum atomic E-state index is -0.128. The fourth-order valence-electron chi connectivity index (χ4n) is 4.42. The number of likely N-dealkylation sites (tertiary alicyclic amines) is 1. The van der Waals surface area contributed by atoms with Gasteiger partial charge in [-0.3, -0.25) is 9.88 Å². The molecule has 1 saturated heterocycles. The van der Waals surface area contributed by atoms with Gasteiger partial charge in [0.15, 0.2) is 11.5 Å². The van der Waals surface area contributed by atoms with E-state index in [1.54, 1.807) is 7.11 Å². The molecule has 0 spiro atoms. The number of imidazole rings is 1. The summed E-state index contributed by atoms with van der Waals surface area (Å²) in [5.41, 5.74) is 3.77. The highest BCUT2D eigenvalue weighted by Crippen LogP contribution is 2.34. The van der Waals surface area contributed by atoms with E-state index in [-0.39, 0.29) is 5.41 Å². The standard InChI is InChI=1S/C23H33N7O/c1-5-30-16-25-19-20(24-11-13-31-4)27-22(28-21(19)30)23(3)10-7-12-29(15-23)14-18-9-6-8-17(2)26-18/h6,8-9,16H,5,7,10-15H2,1-4H3,(H,24,27,28). The second-order valence-corrected chi connectivity index (χ2v) is 8.66. The summed E-state index contributed by atoms with van der Waals surface area (Å²) in [6, 6.07) is 6.24. The van der Waals surface area contributed by atoms with Gasteiger partial charge in [-0.05, 0) is 45.4 Å². The van der Waals surface area contributed by atoms with Crippen LogP contribution in [0.4, 0.5) is 5.82 Å². The van der Waals surface area contributed by atoms with Crippen molar-refractivity contribution in [2.24, 2.45) is 0 Å². The minimum Gasteiger partial charge on any atom is -0.383 e. The first-order valence-electron chi connectivity index (χ1n) is 11.1. The molecule has 3 aromatic rings. The van der Waals surface area contributed by atoms with E-state index in [1.807, 2.05) is 19.3 Å². The Bertz CT molecular complexity index is 1030. The van der Waals surface area contributed by atoms with Gasteiger partial charge in [-0.25, -0.2) is 15.0 Å². The third kappa shape index (κ3) is 4.70. The number of piperidine rings is 1. The summed E-state index contributed by atoms with van der Waals surface area (Å²) in [5.74, 6) is 1.68. The summed E-state index contributed by atoms with van der Waals surface area (Å²) in [6.07, 6.45) is 4.03. The van der Waals surface area contributed by atoms with Crippen molar-refractivity contribution in [1.82, 2.24) is 29.4 Å². The SMILES string of the molecule is CCn1cnc2c(NCCOC)nc(C3(C)CCCN(Cc4cccc(C)n4)C3)nc21. The quantitative estimate of drug-likeness (QED) is 0.557. The lowest BCUT2D eigenvalue weighted by atomic mass is 9.81. The van der Waals surface area contributed by atoms with Gasteiger partial charge >= 0.3 is 0 Å². The molecule has 0 aliphatic carbocycles. The Labute approximate surface area is 184 Å². The summed E-state index contributed by atoms with van der Waals surface area (Å²) in [6.45, 7) is 11.4. The first-order valence-corrected chi connectivity index (χ1v) is 11.1. The number of fused-ring (bicyclic) bond motifs is 1. The number of anilines is 1. The lowest BCUT2D eigenvalue weighted by molar-refractivity contribution is 0.143. The zero-order valence-corrected chi connectivity index (χ0v) is 19.1. The van der Waals surface area contributed by atoms with Crippen LogP contribution >= 0.6 is 0 Å². The van der Waals surface area contributed by atoms with Crippen molar-refractivity contribution in [3.63, 3.8) is 0 Å². The number of aryl methyl sites for hydroxylation is 2. The predicted molar refractivity (Wildman–Crippen MR) is 122 cm³/mol. The normalized spacial score (nSPS) is 19.7. The van der Waals surface area contributed by atoms with Crippen molar-refractivity contribution in [3.8, 4) is 0 Å². The summed E-state index contributed by atoms with van der Waals surface area (Å²) >= 11 is 0. The molecule has 0 radical (unpaired) electrons. The van der Waals surface area contributed by atoms with Crippen molar-refractivity contribution in [1.29, 1.82) is 0 Å². The van der Waals surface area contributed by atoms with Crippen molar-refractivity contribution >= 4 is 17.0 Å². The van der Waals surface area contributed by atoms with Crippen molar-refractivity contribution in [2.75, 3.05) is 38.7 Å². The highest BCUT2D eigenvalue weighted by Gasteiger charge is 2.36. The van der Waals surface area contributed by atoms with Crippen molar-refractivity contribution in [2.45, 2.75) is 52.1 Å². The zero-order chi connectivity index (χ0) is 21.8. The van der Waals surface area contributed by atoms with Crippen LogP contribution in [0.25, 0.3) is 11.2 Å². The number of rotatable bonds is 8. The lowest BCUT2D eigenvalue weighted by Gasteiger charge is -2.39. The number of nitrogens with one attached hydrogen (secondary N) is 1. The van der Waals surface area contributed by atoms with Crippen LogP contribution in [-0.2, 0) is 23.2 Å². The van der Waals surface area contributed by atoms with Crippen molar-refractivity contribution < 1.29 is 4.74 Å². The molecule has 166 valence electrons. The molecule has 0 saturated carbocycles. The molecular formula is C23H33N7O. The smallest absolute Gasteiger partial charge is 0.165 e. The van der Waals surface area contributed by atoms with Gasteiger partial charge in [0.25, 0.3) is 0 Å². The second-order valence-electron chi connectivity index (χ2n) is 8.66. The van der Waals surface area contributed by atoms with Crippen LogP contribution in [0, 0.1) is 6.92 Å². The van der Waals surface area contributed by atoms with Crippen LogP contribution in [0.3, 0.4) is 0 Å². The lowest BCUT2D eigenvalue weighted by Crippen LogP contribution is -2.45. The van der Waals surface area contributed by atoms with E-state index in [4.69, 9.17) is 19.7 Å². The van der Waals surface area contributed by atoms with E-state index in [1.165, 1.54) is 0 Å². The Balaban J connectivity index is 1.63. The fourth-order valence-corrected chi connectivity index (χ4v) is 4.42. The van der Waals surface area contributed by atoms with Gasteiger partial charge < -0.3 is 14.6 Å². The van der Waals surface area contributed by atoms with Crippen LogP contribution in [0.2, 0.25) is 0 Å². The summed E-state index contributed by atoms with van der Waals surface area (Å²) in [7, 11) is 1.70. The van der Waals surface area contributed by atoms with Gasteiger partial charge in [0.2, 0.25) is 0 Å². The topological polar surface area (TPSA) is 81.0 Å². The molecule has 0 aromatic carbocycles. The average molecular weight is 424 g/mol. The van der Waals surface area contributed by atoms with E-state index >= 15 is 0 Å². The Morgan fingerprint density at radius 1 is 1.23 bits per heavy atom. The van der Waals surface area contributed by atoms with Crippen LogP contribution in [0.1, 0.15) is 43.9 Å². The predicted octanol–water partition coefficient (Wildman–Crippen LogP) is 3.16. The third-order valence-electron chi connectivity index (χ3n) is 6.05. The van der Waals surface area contributed by atoms with Crippen LogP contribution in [0.5, 0.6) is 0 Å². The molecule has 0 amide bonds. The molecule has 4 heterocycles. The van der Waals surface area contributed by atoms with Gasteiger partial charge in [-0.2, -0.15) is 0 Å². The molecule has 3 aromatic heterocycles. The maximum absolute atomic E-state index is 5.20. The minimum absolute atomic E-state index is 0.128. The molecular weight excluding hydrogens is 390 g/mol. The monoisotopic (exact) mass is 423 g/mol. The van der Waals surface area contributed by atoms with Crippen LogP contribution in [-0.4, -0.2) is 62.8 Å². The first-order chi connectivity index (χ1) is 15.0. The van der Waals surface area contributed by atoms with Crippen LogP contribution in [0.15, 0.2) is 24.5 Å². The molecule has 1 atom stereocenters. The molecule has 1 aliphatic heterocycles. The Kier molecular flexibility index (Phi) is 6.48. The maximum Gasteiger partial charge on any atom is 0.165 e. The summed E-state index contributed by atoms with van der Waals surface area (Å²) < 4.78 is 7.29. The number of nitrogens with zero attached hydrogens (tertiary/aromatic N) is 6.